The predicted octanol–water partition coefficient (Wildman–Crippen LogP) is 9.41. The fourth-order valence-corrected chi connectivity index (χ4v) is 4.85. The summed E-state index contributed by atoms with van der Waals surface area (Å²) in [5, 5.41) is 8.62. The Morgan fingerprint density at radius 3 is 1.60 bits per heavy atom. The van der Waals surface area contributed by atoms with E-state index in [1.807, 2.05) is 86.6 Å². The van der Waals surface area contributed by atoms with Crippen molar-refractivity contribution in [2.75, 3.05) is 0 Å². The van der Waals surface area contributed by atoms with Crippen LogP contribution in [0.4, 0.5) is 20.2 Å². The van der Waals surface area contributed by atoms with Crippen LogP contribution in [0.25, 0.3) is 21.1 Å². The molecular weight excluding hydrogens is 705 g/mol. The van der Waals surface area contributed by atoms with Gasteiger partial charge in [-0.15, -0.1) is 6.42 Å². The summed E-state index contributed by atoms with van der Waals surface area (Å²) in [6.45, 7) is 17.7. The molecule has 228 valence electrons. The topological polar surface area (TPSA) is 44.4 Å². The highest BCUT2D eigenvalue weighted by molar-refractivity contribution is 14.1. The lowest BCUT2D eigenvalue weighted by Crippen LogP contribution is -1.99. The second kappa shape index (κ2) is 16.3. The lowest BCUT2D eigenvalue weighted by Gasteiger charge is -2.04. The van der Waals surface area contributed by atoms with Crippen molar-refractivity contribution >= 4 is 34.0 Å². The molecule has 0 saturated carbocycles. The first-order chi connectivity index (χ1) is 22.7. The quantitative estimate of drug-likeness (QED) is 0.101. The first-order valence-electron chi connectivity index (χ1n) is 13.9. The molecule has 6 aromatic rings. The van der Waals surface area contributed by atoms with Crippen LogP contribution in [0.1, 0.15) is 28.2 Å². The van der Waals surface area contributed by atoms with Gasteiger partial charge in [-0.05, 0) is 115 Å². The van der Waals surface area contributed by atoms with Gasteiger partial charge < -0.3 is 0 Å². The molecule has 0 N–H and O–H groups in total. The Bertz CT molecular complexity index is 2190. The van der Waals surface area contributed by atoms with E-state index in [1.165, 1.54) is 24.3 Å². The summed E-state index contributed by atoms with van der Waals surface area (Å²) in [5.41, 5.74) is 5.78. The number of hydrogen-bond donors (Lipinski definition) is 0. The van der Waals surface area contributed by atoms with Gasteiger partial charge in [0.15, 0.2) is 11.4 Å². The van der Waals surface area contributed by atoms with E-state index in [9.17, 15) is 8.78 Å². The van der Waals surface area contributed by atoms with Gasteiger partial charge in [0.1, 0.15) is 21.0 Å². The highest BCUT2D eigenvalue weighted by Crippen LogP contribution is 2.22. The largest absolute Gasteiger partial charge is 0.238 e. The van der Waals surface area contributed by atoms with Crippen LogP contribution in [-0.4, -0.2) is 19.6 Å². The van der Waals surface area contributed by atoms with Crippen molar-refractivity contribution in [2.45, 2.75) is 13.8 Å². The van der Waals surface area contributed by atoms with E-state index in [4.69, 9.17) is 19.6 Å². The fourth-order valence-electron chi connectivity index (χ4n) is 4.18. The van der Waals surface area contributed by atoms with Gasteiger partial charge in [0.2, 0.25) is 0 Å². The van der Waals surface area contributed by atoms with Crippen molar-refractivity contribution in [3.63, 3.8) is 0 Å². The van der Waals surface area contributed by atoms with Crippen molar-refractivity contribution in [1.82, 2.24) is 19.6 Å². The third-order valence-electron chi connectivity index (χ3n) is 6.28. The lowest BCUT2D eigenvalue weighted by molar-refractivity contribution is 0.625. The fraction of sp³-hybridized carbons (Fsp3) is 0.0526. The van der Waals surface area contributed by atoms with Gasteiger partial charge in [0, 0.05) is 22.5 Å². The Morgan fingerprint density at radius 2 is 1.15 bits per heavy atom. The molecule has 47 heavy (non-hydrogen) atoms. The van der Waals surface area contributed by atoms with Crippen LogP contribution >= 0.6 is 22.6 Å². The van der Waals surface area contributed by atoms with Gasteiger partial charge in [-0.25, -0.2) is 27.8 Å². The average Bonchev–Trinajstić information content (AvgIpc) is 3.64. The molecule has 6 rings (SSSR count). The van der Waals surface area contributed by atoms with Gasteiger partial charge in [-0.1, -0.05) is 48.2 Å². The van der Waals surface area contributed by atoms with Crippen LogP contribution in [-0.2, 0) is 0 Å². The number of hydrogen-bond acceptors (Lipinski definition) is 2. The van der Waals surface area contributed by atoms with Gasteiger partial charge in [-0.2, -0.15) is 10.2 Å². The van der Waals surface area contributed by atoms with Gasteiger partial charge in [0.25, 0.3) is 0 Å². The first-order valence-corrected chi connectivity index (χ1v) is 15.0. The smallest absolute Gasteiger partial charge is 0.192 e. The van der Waals surface area contributed by atoms with Gasteiger partial charge >= 0.3 is 0 Å². The van der Waals surface area contributed by atoms with Crippen LogP contribution in [0.2, 0.25) is 0 Å². The standard InChI is InChI=1S/C19H12FN3.C11H7FIN3.C8H6/c1-14-10-17(9-8-15-6-4-3-5-7-15)22-23(14)19-12-16(20)11-18(13-19)21-2;1-7-3-11(13)15-16(7)10-5-8(12)4-9(6-10)14-2;1-2-8-6-4-3-5-7-8/h3-7,10-13H,1H3;3-6H,1H3;1,3-7H. The Morgan fingerprint density at radius 1 is 0.660 bits per heavy atom. The van der Waals surface area contributed by atoms with Crippen molar-refractivity contribution < 1.29 is 8.78 Å². The SMILES string of the molecule is C#Cc1ccccc1.[C-]#[N+]c1cc(F)cc(-n2nc(C#Cc3ccccc3)cc2C)c1.[C-]#[N+]c1cc(F)cc(-n2nc(I)cc2C)c1. The molecule has 2 heterocycles. The van der Waals surface area contributed by atoms with Crippen LogP contribution < -0.4 is 0 Å². The van der Waals surface area contributed by atoms with Gasteiger partial charge in [0.05, 0.1) is 24.5 Å². The van der Waals surface area contributed by atoms with Crippen LogP contribution in [0.5, 0.6) is 0 Å². The highest BCUT2D eigenvalue weighted by atomic mass is 127. The number of benzene rings is 4. The van der Waals surface area contributed by atoms with E-state index < -0.39 is 11.6 Å². The first kappa shape index (κ1) is 33.9. The number of aryl methyl sites for hydroxylation is 2. The summed E-state index contributed by atoms with van der Waals surface area (Å²) < 4.78 is 30.9. The van der Waals surface area contributed by atoms with E-state index in [2.05, 4.69) is 60.2 Å². The van der Waals surface area contributed by atoms with Crippen LogP contribution in [0.3, 0.4) is 0 Å². The second-order valence-corrected chi connectivity index (χ2v) is 10.9. The summed E-state index contributed by atoms with van der Waals surface area (Å²) in [4.78, 5) is 6.49. The molecule has 0 aliphatic rings. The lowest BCUT2D eigenvalue weighted by atomic mass is 10.2. The molecule has 0 unspecified atom stereocenters. The van der Waals surface area contributed by atoms with Crippen LogP contribution in [0, 0.1) is 66.5 Å². The molecule has 0 spiro atoms. The minimum Gasteiger partial charge on any atom is -0.238 e. The molecule has 0 aliphatic carbocycles. The normalized spacial score (nSPS) is 9.57. The molecule has 0 bridgehead atoms. The monoisotopic (exact) mass is 730 g/mol. The van der Waals surface area contributed by atoms with Crippen molar-refractivity contribution in [2.24, 2.45) is 0 Å². The maximum Gasteiger partial charge on any atom is 0.192 e. The molecule has 9 heteroatoms. The Hall–Kier alpha value is -6.01. The maximum absolute atomic E-state index is 13.6. The molecule has 0 fully saturated rings. The summed E-state index contributed by atoms with van der Waals surface area (Å²) >= 11 is 2.09. The van der Waals surface area contributed by atoms with Crippen molar-refractivity contribution in [3.8, 4) is 35.6 Å². The third-order valence-corrected chi connectivity index (χ3v) is 6.80. The van der Waals surface area contributed by atoms with E-state index >= 15 is 0 Å². The molecule has 0 amide bonds. The Kier molecular flexibility index (Phi) is 11.8. The predicted molar refractivity (Wildman–Crippen MR) is 189 cm³/mol. The zero-order valence-corrected chi connectivity index (χ0v) is 27.4. The molecule has 0 radical (unpaired) electrons. The Labute approximate surface area is 286 Å². The summed E-state index contributed by atoms with van der Waals surface area (Å²) in [6.07, 6.45) is 5.10. The molecule has 2 aromatic heterocycles. The highest BCUT2D eigenvalue weighted by Gasteiger charge is 2.09. The van der Waals surface area contributed by atoms with E-state index in [0.29, 0.717) is 17.1 Å². The summed E-state index contributed by atoms with van der Waals surface area (Å²) in [5.74, 6) is 7.68. The number of nitrogens with zero attached hydrogens (tertiary/aromatic N) is 6. The molecule has 0 saturated heterocycles. The van der Waals surface area contributed by atoms with Gasteiger partial charge in [-0.3, -0.25) is 0 Å². The summed E-state index contributed by atoms with van der Waals surface area (Å²) in [7, 11) is 0. The third kappa shape index (κ3) is 9.74. The minimum atomic E-state index is -0.458. The van der Waals surface area contributed by atoms with E-state index in [0.717, 1.165) is 26.2 Å². The molecule has 0 aliphatic heterocycles. The number of rotatable bonds is 2. The average molecular weight is 731 g/mol. The van der Waals surface area contributed by atoms with E-state index in [1.54, 1.807) is 21.5 Å². The Balaban J connectivity index is 0.000000180. The van der Waals surface area contributed by atoms with E-state index in [-0.39, 0.29) is 11.4 Å². The second-order valence-electron chi connectivity index (χ2n) is 9.79. The maximum atomic E-state index is 13.6. The number of terminal acetylenes is 1. The number of halogens is 3. The minimum absolute atomic E-state index is 0.242. The number of aromatic nitrogens is 4. The zero-order chi connectivity index (χ0) is 33.8. The summed E-state index contributed by atoms with van der Waals surface area (Å²) in [6, 6.07) is 31.3. The van der Waals surface area contributed by atoms with Crippen molar-refractivity contribution in [3.05, 3.63) is 176 Å². The molecule has 0 atom stereocenters. The zero-order valence-electron chi connectivity index (χ0n) is 25.3. The van der Waals surface area contributed by atoms with Crippen molar-refractivity contribution in [1.29, 1.82) is 0 Å². The molecular formula is C38H25F2IN6. The molecule has 4 aromatic carbocycles. The van der Waals surface area contributed by atoms with Crippen LogP contribution in [0.15, 0.2) is 109 Å². The molecule has 6 nitrogen and oxygen atoms in total.